The fourth-order valence-electron chi connectivity index (χ4n) is 4.39. The molecule has 0 amide bonds. The first-order chi connectivity index (χ1) is 11.0. The molecule has 0 aromatic rings. The summed E-state index contributed by atoms with van der Waals surface area (Å²) in [4.78, 5) is 36.6. The van der Waals surface area contributed by atoms with Gasteiger partial charge in [-0.3, -0.25) is 0 Å². The summed E-state index contributed by atoms with van der Waals surface area (Å²) >= 11 is 0.873. The summed E-state index contributed by atoms with van der Waals surface area (Å²) in [6.45, 7) is 0. The summed E-state index contributed by atoms with van der Waals surface area (Å²) in [5.74, 6) is -2.29. The van der Waals surface area contributed by atoms with Gasteiger partial charge in [0.1, 0.15) is 0 Å². The van der Waals surface area contributed by atoms with Gasteiger partial charge in [-0.15, -0.1) is 0 Å². The zero-order chi connectivity index (χ0) is 16.1. The quantitative estimate of drug-likeness (QED) is 0.0950. The predicted octanol–water partition coefficient (Wildman–Crippen LogP) is -0.121. The molecule has 0 radical (unpaired) electrons. The van der Waals surface area contributed by atoms with Crippen LogP contribution in [-0.4, -0.2) is 44.8 Å². The molecule has 0 aromatic carbocycles. The first kappa shape index (κ1) is 15.1. The second kappa shape index (κ2) is 4.69. The number of alkyl halides is 2. The molecule has 126 valence electrons. The Kier molecular flexibility index (Phi) is 3.08. The van der Waals surface area contributed by atoms with Crippen LogP contribution >= 0.6 is 43.0 Å². The SMILES string of the molecule is COC(=O)C1C2CC3C(OC(=O)C31)C2OC(=O)C(I)C12NI1N2. The Morgan fingerprint density at radius 2 is 2.13 bits per heavy atom. The molecule has 0 aromatic heterocycles. The molecule has 2 aliphatic carbocycles. The summed E-state index contributed by atoms with van der Waals surface area (Å²) in [6, 6.07) is 0. The third kappa shape index (κ3) is 1.86. The van der Waals surface area contributed by atoms with Gasteiger partial charge in [0.25, 0.3) is 0 Å². The van der Waals surface area contributed by atoms with Gasteiger partial charge in [-0.1, -0.05) is 0 Å². The number of methoxy groups -OCH3 is 1. The third-order valence-corrected chi connectivity index (χ3v) is 12.7. The van der Waals surface area contributed by atoms with Crippen LogP contribution in [0.5, 0.6) is 0 Å². The Balaban J connectivity index is 1.37. The summed E-state index contributed by atoms with van der Waals surface area (Å²) in [6.07, 6.45) is -0.268. The van der Waals surface area contributed by atoms with Crippen LogP contribution in [0.3, 0.4) is 0 Å². The molecule has 3 aliphatic heterocycles. The molecule has 2 N–H and O–H groups in total. The molecule has 2 saturated carbocycles. The van der Waals surface area contributed by atoms with E-state index < -0.39 is 50.4 Å². The number of nitrogens with one attached hydrogen (secondary N) is 2. The normalized spacial score (nSPS) is 46.0. The van der Waals surface area contributed by atoms with Crippen LogP contribution in [0.15, 0.2) is 0 Å². The Morgan fingerprint density at radius 1 is 1.43 bits per heavy atom. The third-order valence-electron chi connectivity index (χ3n) is 5.52. The zero-order valence-electron chi connectivity index (χ0n) is 12.0. The summed E-state index contributed by atoms with van der Waals surface area (Å²) in [5.41, 5.74) is 0. The van der Waals surface area contributed by atoms with Crippen LogP contribution in [0.4, 0.5) is 0 Å². The zero-order valence-corrected chi connectivity index (χ0v) is 16.3. The van der Waals surface area contributed by atoms with Crippen LogP contribution < -0.4 is 7.06 Å². The van der Waals surface area contributed by atoms with E-state index in [9.17, 15) is 14.4 Å². The second-order valence-electron chi connectivity index (χ2n) is 6.49. The number of ether oxygens (including phenoxy) is 3. The van der Waals surface area contributed by atoms with Crippen molar-refractivity contribution in [2.45, 2.75) is 26.2 Å². The molecule has 5 aliphatic rings. The van der Waals surface area contributed by atoms with Crippen LogP contribution in [0.1, 0.15) is 6.42 Å². The van der Waals surface area contributed by atoms with Crippen molar-refractivity contribution in [3.63, 3.8) is 0 Å². The van der Waals surface area contributed by atoms with Crippen LogP contribution in [-0.2, 0) is 28.6 Å². The summed E-state index contributed by atoms with van der Waals surface area (Å²) in [5, 5.41) is 0. The van der Waals surface area contributed by atoms with Gasteiger partial charge in [0.2, 0.25) is 0 Å². The van der Waals surface area contributed by atoms with Crippen LogP contribution in [0.25, 0.3) is 0 Å². The van der Waals surface area contributed by atoms with Gasteiger partial charge < -0.3 is 0 Å². The van der Waals surface area contributed by atoms with E-state index in [1.165, 1.54) is 7.11 Å². The molecule has 10 heteroatoms. The van der Waals surface area contributed by atoms with E-state index in [0.29, 0.717) is 6.42 Å². The number of halogens is 2. The van der Waals surface area contributed by atoms with E-state index in [1.807, 2.05) is 0 Å². The molecule has 0 spiro atoms. The fourth-order valence-corrected chi connectivity index (χ4v) is 11.8. The van der Waals surface area contributed by atoms with Crippen molar-refractivity contribution in [1.82, 2.24) is 7.06 Å². The number of rotatable bonds is 4. The minimum atomic E-state index is -1.22. The van der Waals surface area contributed by atoms with Crippen molar-refractivity contribution < 1.29 is 28.6 Å². The van der Waals surface area contributed by atoms with Gasteiger partial charge in [0, 0.05) is 0 Å². The van der Waals surface area contributed by atoms with E-state index in [2.05, 4.69) is 29.7 Å². The maximum absolute atomic E-state index is 12.5. The predicted molar refractivity (Wildman–Crippen MR) is 91.2 cm³/mol. The molecule has 5 fully saturated rings. The number of fused-ring (bicyclic) bond motifs is 2. The van der Waals surface area contributed by atoms with Crippen LogP contribution in [0, 0.1) is 23.7 Å². The maximum atomic E-state index is 12.5. The van der Waals surface area contributed by atoms with Gasteiger partial charge in [0.05, 0.1) is 0 Å². The van der Waals surface area contributed by atoms with Crippen molar-refractivity contribution in [3.05, 3.63) is 0 Å². The monoisotopic (exact) mass is 548 g/mol. The summed E-state index contributed by atoms with van der Waals surface area (Å²) < 4.78 is 22.2. The number of esters is 3. The van der Waals surface area contributed by atoms with E-state index in [1.54, 1.807) is 0 Å². The molecular weight excluding hydrogens is 534 g/mol. The first-order valence-corrected chi connectivity index (χ1v) is 11.8. The standard InChI is InChI=1S/C13H14I2N2O6/c1-21-10(18)5-3-2-4-6(5)11(19)22-7(4)8(3)23-12(20)9(14)13-15(16-13)17-13/h3-9,16-17H,2H2,1H3. The van der Waals surface area contributed by atoms with E-state index >= 15 is 0 Å². The van der Waals surface area contributed by atoms with Gasteiger partial charge in [-0.25, -0.2) is 0 Å². The van der Waals surface area contributed by atoms with Crippen molar-refractivity contribution in [2.75, 3.05) is 7.11 Å². The molecule has 23 heavy (non-hydrogen) atoms. The number of carbonyl (C=O) groups is 3. The Bertz CT molecular complexity index is 638. The van der Waals surface area contributed by atoms with Crippen LogP contribution in [0.2, 0.25) is 0 Å². The molecule has 7 unspecified atom stereocenters. The molecular formula is C13H14I2N2O6. The average Bonchev–Trinajstić information content (AvgIpc) is 3.27. The van der Waals surface area contributed by atoms with Gasteiger partial charge in [0.15, 0.2) is 0 Å². The molecule has 7 atom stereocenters. The topological polar surface area (TPSA) is 123 Å². The minimum absolute atomic E-state index is 0.0401. The fraction of sp³-hybridized carbons (Fsp3) is 0.769. The number of hydrogen-bond acceptors (Lipinski definition) is 8. The van der Waals surface area contributed by atoms with E-state index in [-0.39, 0.29) is 31.4 Å². The van der Waals surface area contributed by atoms with E-state index in [0.717, 1.165) is 0 Å². The van der Waals surface area contributed by atoms with Gasteiger partial charge in [-0.05, 0) is 0 Å². The average molecular weight is 548 g/mol. The Morgan fingerprint density at radius 3 is 2.74 bits per heavy atom. The molecule has 3 heterocycles. The summed E-state index contributed by atoms with van der Waals surface area (Å²) in [7, 11) is 1.32. The van der Waals surface area contributed by atoms with Crippen molar-refractivity contribution >= 4 is 60.9 Å². The van der Waals surface area contributed by atoms with Crippen molar-refractivity contribution in [1.29, 1.82) is 0 Å². The van der Waals surface area contributed by atoms with Gasteiger partial charge >= 0.3 is 154 Å². The number of carbonyl (C=O) groups excluding carboxylic acids is 3. The molecule has 5 rings (SSSR count). The molecule has 8 nitrogen and oxygen atoms in total. The Labute approximate surface area is 152 Å². The van der Waals surface area contributed by atoms with Gasteiger partial charge in [-0.2, -0.15) is 0 Å². The van der Waals surface area contributed by atoms with Crippen molar-refractivity contribution in [3.8, 4) is 0 Å². The molecule has 2 bridgehead atoms. The first-order valence-electron chi connectivity index (χ1n) is 7.36. The number of hydrogen-bond donors (Lipinski definition) is 2. The second-order valence-corrected chi connectivity index (χ2v) is 12.1. The van der Waals surface area contributed by atoms with Crippen molar-refractivity contribution in [2.24, 2.45) is 23.7 Å². The Hall–Kier alpha value is -0.210. The molecule has 3 saturated heterocycles. The van der Waals surface area contributed by atoms with E-state index in [4.69, 9.17) is 14.2 Å².